The first-order chi connectivity index (χ1) is 5.81. The van der Waals surface area contributed by atoms with Gasteiger partial charge < -0.3 is 9.47 Å². The molecule has 70 valence electrons. The SMILES string of the molecule is C=CC(=C)CCCOCCOC. The summed E-state index contributed by atoms with van der Waals surface area (Å²) in [4.78, 5) is 0. The van der Waals surface area contributed by atoms with E-state index in [4.69, 9.17) is 9.47 Å². The van der Waals surface area contributed by atoms with E-state index in [0.717, 1.165) is 25.0 Å². The average Bonchev–Trinajstić information content (AvgIpc) is 2.10. The highest BCUT2D eigenvalue weighted by molar-refractivity contribution is 5.10. The molecule has 0 spiro atoms. The van der Waals surface area contributed by atoms with Crippen LogP contribution in [0.15, 0.2) is 24.8 Å². The Labute approximate surface area is 74.9 Å². The summed E-state index contributed by atoms with van der Waals surface area (Å²) >= 11 is 0. The Morgan fingerprint density at radius 3 is 2.67 bits per heavy atom. The van der Waals surface area contributed by atoms with Crippen molar-refractivity contribution in [3.63, 3.8) is 0 Å². The molecule has 0 heterocycles. The number of methoxy groups -OCH3 is 1. The number of hydrogen-bond acceptors (Lipinski definition) is 2. The lowest BCUT2D eigenvalue weighted by molar-refractivity contribution is 0.0696. The molecule has 0 fully saturated rings. The molecule has 12 heavy (non-hydrogen) atoms. The molecule has 0 bridgehead atoms. The minimum atomic E-state index is 0.669. The summed E-state index contributed by atoms with van der Waals surface area (Å²) in [6.45, 7) is 9.56. The lowest BCUT2D eigenvalue weighted by Gasteiger charge is -2.02. The fourth-order valence-electron chi connectivity index (χ4n) is 0.748. The van der Waals surface area contributed by atoms with E-state index in [1.54, 1.807) is 13.2 Å². The summed E-state index contributed by atoms with van der Waals surface area (Å²) < 4.78 is 10.1. The Kier molecular flexibility index (Phi) is 8.07. The van der Waals surface area contributed by atoms with Gasteiger partial charge in [-0.15, -0.1) is 0 Å². The van der Waals surface area contributed by atoms with Crippen LogP contribution in [-0.2, 0) is 9.47 Å². The Bertz CT molecular complexity index is 130. The van der Waals surface area contributed by atoms with Gasteiger partial charge in [-0.1, -0.05) is 24.8 Å². The number of hydrogen-bond donors (Lipinski definition) is 0. The zero-order chi connectivity index (χ0) is 9.23. The van der Waals surface area contributed by atoms with Crippen LogP contribution in [0.5, 0.6) is 0 Å². The molecule has 0 saturated heterocycles. The van der Waals surface area contributed by atoms with Crippen molar-refractivity contribution in [3.8, 4) is 0 Å². The summed E-state index contributed by atoms with van der Waals surface area (Å²) in [5.74, 6) is 0. The predicted octanol–water partition coefficient (Wildman–Crippen LogP) is 2.17. The Morgan fingerprint density at radius 1 is 1.33 bits per heavy atom. The molecule has 0 rings (SSSR count). The van der Waals surface area contributed by atoms with E-state index >= 15 is 0 Å². The molecule has 0 unspecified atom stereocenters. The van der Waals surface area contributed by atoms with Crippen LogP contribution in [0.3, 0.4) is 0 Å². The van der Waals surface area contributed by atoms with Crippen molar-refractivity contribution in [3.05, 3.63) is 24.8 Å². The molecule has 0 aliphatic rings. The van der Waals surface area contributed by atoms with E-state index in [9.17, 15) is 0 Å². The Morgan fingerprint density at radius 2 is 2.08 bits per heavy atom. The van der Waals surface area contributed by atoms with Gasteiger partial charge in [-0.3, -0.25) is 0 Å². The molecule has 0 amide bonds. The summed E-state index contributed by atoms with van der Waals surface area (Å²) in [5.41, 5.74) is 1.07. The van der Waals surface area contributed by atoms with Crippen LogP contribution >= 0.6 is 0 Å². The molecular weight excluding hydrogens is 152 g/mol. The van der Waals surface area contributed by atoms with Gasteiger partial charge in [-0.2, -0.15) is 0 Å². The molecule has 0 aromatic rings. The van der Waals surface area contributed by atoms with Gasteiger partial charge in [0.05, 0.1) is 13.2 Å². The molecule has 0 aromatic heterocycles. The lowest BCUT2D eigenvalue weighted by Crippen LogP contribution is -2.02. The van der Waals surface area contributed by atoms with Crippen molar-refractivity contribution in [1.82, 2.24) is 0 Å². The number of ether oxygens (including phenoxy) is 2. The van der Waals surface area contributed by atoms with Crippen molar-refractivity contribution in [2.45, 2.75) is 12.8 Å². The number of rotatable bonds is 8. The van der Waals surface area contributed by atoms with Crippen LogP contribution in [0.2, 0.25) is 0 Å². The fraction of sp³-hybridized carbons (Fsp3) is 0.600. The third-order valence-corrected chi connectivity index (χ3v) is 1.51. The summed E-state index contributed by atoms with van der Waals surface area (Å²) in [7, 11) is 1.67. The highest BCUT2D eigenvalue weighted by Crippen LogP contribution is 2.02. The molecule has 0 atom stereocenters. The van der Waals surface area contributed by atoms with Gasteiger partial charge in [-0.05, 0) is 12.8 Å². The second-order valence-corrected chi connectivity index (χ2v) is 2.57. The molecule has 0 N–H and O–H groups in total. The van der Waals surface area contributed by atoms with Crippen LogP contribution in [-0.4, -0.2) is 26.9 Å². The van der Waals surface area contributed by atoms with Crippen LogP contribution in [0.4, 0.5) is 0 Å². The first-order valence-corrected chi connectivity index (χ1v) is 4.18. The minimum absolute atomic E-state index is 0.669. The minimum Gasteiger partial charge on any atom is -0.382 e. The van der Waals surface area contributed by atoms with Crippen LogP contribution in [0, 0.1) is 0 Å². The summed E-state index contributed by atoms with van der Waals surface area (Å²) in [5, 5.41) is 0. The molecular formula is C10H18O2. The van der Waals surface area contributed by atoms with Crippen LogP contribution in [0.1, 0.15) is 12.8 Å². The monoisotopic (exact) mass is 170 g/mol. The largest absolute Gasteiger partial charge is 0.382 e. The van der Waals surface area contributed by atoms with Gasteiger partial charge in [0.15, 0.2) is 0 Å². The maximum Gasteiger partial charge on any atom is 0.0700 e. The van der Waals surface area contributed by atoms with Crippen LogP contribution in [0.25, 0.3) is 0 Å². The van der Waals surface area contributed by atoms with Gasteiger partial charge in [0.1, 0.15) is 0 Å². The normalized spacial score (nSPS) is 9.75. The number of allylic oxidation sites excluding steroid dienone is 2. The fourth-order valence-corrected chi connectivity index (χ4v) is 0.748. The quantitative estimate of drug-likeness (QED) is 0.410. The molecule has 0 radical (unpaired) electrons. The maximum atomic E-state index is 5.27. The first-order valence-electron chi connectivity index (χ1n) is 4.18. The van der Waals surface area contributed by atoms with E-state index in [-0.39, 0.29) is 0 Å². The van der Waals surface area contributed by atoms with Gasteiger partial charge in [0.25, 0.3) is 0 Å². The lowest BCUT2D eigenvalue weighted by atomic mass is 10.2. The van der Waals surface area contributed by atoms with Crippen molar-refractivity contribution in [1.29, 1.82) is 0 Å². The first kappa shape index (κ1) is 11.4. The van der Waals surface area contributed by atoms with E-state index in [0.29, 0.717) is 13.2 Å². The molecule has 0 aliphatic carbocycles. The highest BCUT2D eigenvalue weighted by atomic mass is 16.5. The third kappa shape index (κ3) is 7.51. The average molecular weight is 170 g/mol. The second-order valence-electron chi connectivity index (χ2n) is 2.57. The van der Waals surface area contributed by atoms with Gasteiger partial charge in [-0.25, -0.2) is 0 Å². The van der Waals surface area contributed by atoms with E-state index in [1.165, 1.54) is 0 Å². The van der Waals surface area contributed by atoms with Crippen molar-refractivity contribution < 1.29 is 9.47 Å². The Balaban J connectivity index is 3.00. The van der Waals surface area contributed by atoms with Gasteiger partial charge in [0.2, 0.25) is 0 Å². The molecule has 0 saturated carbocycles. The van der Waals surface area contributed by atoms with Crippen molar-refractivity contribution >= 4 is 0 Å². The zero-order valence-corrected chi connectivity index (χ0v) is 7.84. The van der Waals surface area contributed by atoms with Crippen LogP contribution < -0.4 is 0 Å². The van der Waals surface area contributed by atoms with E-state index in [1.807, 2.05) is 0 Å². The molecule has 0 aliphatic heterocycles. The molecule has 2 nitrogen and oxygen atoms in total. The maximum absolute atomic E-state index is 5.27. The van der Waals surface area contributed by atoms with Gasteiger partial charge in [0, 0.05) is 13.7 Å². The Hall–Kier alpha value is -0.600. The summed E-state index contributed by atoms with van der Waals surface area (Å²) in [6, 6.07) is 0. The van der Waals surface area contributed by atoms with E-state index in [2.05, 4.69) is 13.2 Å². The van der Waals surface area contributed by atoms with Gasteiger partial charge >= 0.3 is 0 Å². The van der Waals surface area contributed by atoms with Crippen molar-refractivity contribution in [2.75, 3.05) is 26.9 Å². The molecule has 0 aromatic carbocycles. The second kappa shape index (κ2) is 8.50. The predicted molar refractivity (Wildman–Crippen MR) is 51.3 cm³/mol. The standard InChI is InChI=1S/C10H18O2/c1-4-10(2)6-5-7-12-9-8-11-3/h4H,1-2,5-9H2,3H3. The zero-order valence-electron chi connectivity index (χ0n) is 7.84. The third-order valence-electron chi connectivity index (χ3n) is 1.51. The smallest absolute Gasteiger partial charge is 0.0700 e. The summed E-state index contributed by atoms with van der Waals surface area (Å²) in [6.07, 6.45) is 3.76. The highest BCUT2D eigenvalue weighted by Gasteiger charge is 1.90. The molecule has 2 heteroatoms. The topological polar surface area (TPSA) is 18.5 Å². The van der Waals surface area contributed by atoms with E-state index < -0.39 is 0 Å². The van der Waals surface area contributed by atoms with Crippen molar-refractivity contribution in [2.24, 2.45) is 0 Å².